The van der Waals surface area contributed by atoms with E-state index < -0.39 is 0 Å². The molecule has 2 aromatic carbocycles. The second kappa shape index (κ2) is 8.71. The fourth-order valence-corrected chi connectivity index (χ4v) is 4.49. The number of nitrogens with zero attached hydrogens (tertiary/aromatic N) is 2. The zero-order chi connectivity index (χ0) is 20.3. The van der Waals surface area contributed by atoms with Crippen LogP contribution in [0.5, 0.6) is 5.75 Å². The number of aryl methyl sites for hydroxylation is 3. The van der Waals surface area contributed by atoms with E-state index in [0.717, 1.165) is 31.9 Å². The van der Waals surface area contributed by atoms with Crippen LogP contribution in [-0.2, 0) is 22.5 Å². The molecule has 148 valence electrons. The van der Waals surface area contributed by atoms with Crippen LogP contribution in [0.2, 0.25) is 0 Å². The first kappa shape index (κ1) is 20.3. The van der Waals surface area contributed by atoms with Gasteiger partial charge < -0.3 is 14.0 Å². The average Bonchev–Trinajstić information content (AvgIpc) is 2.97. The van der Waals surface area contributed by atoms with Crippen molar-refractivity contribution in [2.75, 3.05) is 20.8 Å². The number of carbonyl (C=O) groups is 1. The number of aromatic nitrogens is 1. The Balaban J connectivity index is 1.99. The number of hydrogen-bond acceptors (Lipinski definition) is 4. The molecule has 1 heterocycles. The third-order valence-electron chi connectivity index (χ3n) is 4.67. The van der Waals surface area contributed by atoms with Crippen molar-refractivity contribution in [3.63, 3.8) is 0 Å². The molecule has 1 aromatic heterocycles. The smallest absolute Gasteiger partial charge is 0.252 e. The number of hydrogen-bond donors (Lipinski definition) is 0. The van der Waals surface area contributed by atoms with Gasteiger partial charge in [-0.05, 0) is 55.2 Å². The van der Waals surface area contributed by atoms with Crippen molar-refractivity contribution in [2.45, 2.75) is 33.7 Å². The van der Waals surface area contributed by atoms with Gasteiger partial charge in [0.25, 0.3) is 5.91 Å². The Bertz CT molecular complexity index is 1080. The van der Waals surface area contributed by atoms with Crippen LogP contribution in [0.25, 0.3) is 10.2 Å². The normalized spacial score (nSPS) is 12.0. The Kier molecular flexibility index (Phi) is 6.31. The molecule has 3 rings (SSSR count). The van der Waals surface area contributed by atoms with Crippen LogP contribution >= 0.6 is 11.3 Å². The lowest BCUT2D eigenvalue weighted by Crippen LogP contribution is -2.19. The summed E-state index contributed by atoms with van der Waals surface area (Å²) in [6, 6.07) is 10.1. The van der Waals surface area contributed by atoms with E-state index in [4.69, 9.17) is 9.47 Å². The summed E-state index contributed by atoms with van der Waals surface area (Å²) in [5, 5.41) is 0. The highest BCUT2D eigenvalue weighted by Gasteiger charge is 2.11. The molecule has 0 saturated heterocycles. The van der Waals surface area contributed by atoms with Crippen LogP contribution in [0, 0.1) is 20.8 Å². The Morgan fingerprint density at radius 3 is 2.57 bits per heavy atom. The Morgan fingerprint density at radius 2 is 1.89 bits per heavy atom. The molecular weight excluding hydrogens is 372 g/mol. The summed E-state index contributed by atoms with van der Waals surface area (Å²) in [5.74, 6) is 0.664. The zero-order valence-electron chi connectivity index (χ0n) is 17.0. The maximum Gasteiger partial charge on any atom is 0.252 e. The summed E-state index contributed by atoms with van der Waals surface area (Å²) in [7, 11) is 3.33. The summed E-state index contributed by atoms with van der Waals surface area (Å²) in [6.45, 7) is 7.38. The lowest BCUT2D eigenvalue weighted by molar-refractivity contribution is -0.117. The predicted octanol–water partition coefficient (Wildman–Crippen LogP) is 3.95. The molecule has 6 heteroatoms. The molecule has 0 unspecified atom stereocenters. The molecule has 28 heavy (non-hydrogen) atoms. The molecule has 0 aliphatic carbocycles. The fraction of sp³-hybridized carbons (Fsp3) is 0.364. The van der Waals surface area contributed by atoms with Crippen molar-refractivity contribution < 1.29 is 14.3 Å². The van der Waals surface area contributed by atoms with Gasteiger partial charge in [-0.3, -0.25) is 4.79 Å². The van der Waals surface area contributed by atoms with Crippen molar-refractivity contribution in [3.05, 3.63) is 57.4 Å². The van der Waals surface area contributed by atoms with E-state index in [0.29, 0.717) is 13.2 Å². The molecule has 1 amide bonds. The third kappa shape index (κ3) is 4.34. The van der Waals surface area contributed by atoms with E-state index in [1.54, 1.807) is 25.6 Å². The summed E-state index contributed by atoms with van der Waals surface area (Å²) in [6.07, 6.45) is 0.265. The number of methoxy groups -OCH3 is 2. The minimum absolute atomic E-state index is 0.156. The number of thiazole rings is 1. The maximum absolute atomic E-state index is 12.7. The van der Waals surface area contributed by atoms with Crippen molar-refractivity contribution in [1.29, 1.82) is 0 Å². The van der Waals surface area contributed by atoms with Crippen LogP contribution in [0.15, 0.2) is 35.3 Å². The predicted molar refractivity (Wildman–Crippen MR) is 113 cm³/mol. The van der Waals surface area contributed by atoms with Gasteiger partial charge in [-0.25, -0.2) is 0 Å². The molecule has 0 spiro atoms. The number of benzene rings is 2. The first-order chi connectivity index (χ1) is 13.4. The highest BCUT2D eigenvalue weighted by atomic mass is 32.1. The van der Waals surface area contributed by atoms with Crippen LogP contribution in [0.4, 0.5) is 0 Å². The monoisotopic (exact) mass is 398 g/mol. The zero-order valence-corrected chi connectivity index (χ0v) is 17.9. The lowest BCUT2D eigenvalue weighted by atomic mass is 10.1. The molecule has 0 bridgehead atoms. The van der Waals surface area contributed by atoms with Gasteiger partial charge in [0, 0.05) is 13.7 Å². The van der Waals surface area contributed by atoms with Gasteiger partial charge in [0.15, 0.2) is 4.80 Å². The van der Waals surface area contributed by atoms with Crippen LogP contribution < -0.4 is 9.54 Å². The Hall–Kier alpha value is -2.44. The molecule has 0 aliphatic heterocycles. The number of carbonyl (C=O) groups excluding carboxylic acids is 1. The van der Waals surface area contributed by atoms with E-state index in [2.05, 4.69) is 35.5 Å². The van der Waals surface area contributed by atoms with Gasteiger partial charge in [-0.1, -0.05) is 29.5 Å². The minimum atomic E-state index is -0.156. The second-order valence-electron chi connectivity index (χ2n) is 6.95. The quantitative estimate of drug-likeness (QED) is 0.632. The van der Waals surface area contributed by atoms with E-state index in [9.17, 15) is 4.79 Å². The Labute approximate surface area is 169 Å². The van der Waals surface area contributed by atoms with Crippen molar-refractivity contribution in [1.82, 2.24) is 4.57 Å². The number of ether oxygens (including phenoxy) is 2. The van der Waals surface area contributed by atoms with Crippen molar-refractivity contribution in [2.24, 2.45) is 4.99 Å². The largest absolute Gasteiger partial charge is 0.496 e. The Morgan fingerprint density at radius 1 is 1.11 bits per heavy atom. The average molecular weight is 399 g/mol. The molecule has 0 atom stereocenters. The summed E-state index contributed by atoms with van der Waals surface area (Å²) in [4.78, 5) is 17.8. The lowest BCUT2D eigenvalue weighted by Gasteiger charge is -2.07. The van der Waals surface area contributed by atoms with E-state index in [1.165, 1.54) is 11.1 Å². The molecule has 3 aromatic rings. The van der Waals surface area contributed by atoms with Crippen molar-refractivity contribution >= 4 is 27.5 Å². The van der Waals surface area contributed by atoms with E-state index >= 15 is 0 Å². The third-order valence-corrected chi connectivity index (χ3v) is 5.90. The minimum Gasteiger partial charge on any atom is -0.496 e. The SMILES string of the molecule is COCCn1c(=NC(=O)Cc2ccc(OC)c(C)c2)sc2c(C)cc(C)cc21. The summed E-state index contributed by atoms with van der Waals surface area (Å²) >= 11 is 1.56. The second-order valence-corrected chi connectivity index (χ2v) is 7.92. The van der Waals surface area contributed by atoms with Crippen LogP contribution in [-0.4, -0.2) is 31.3 Å². The van der Waals surface area contributed by atoms with E-state index in [1.807, 2.05) is 25.1 Å². The molecule has 5 nitrogen and oxygen atoms in total. The van der Waals surface area contributed by atoms with Crippen molar-refractivity contribution in [3.8, 4) is 5.75 Å². The standard InChI is InChI=1S/C22H26N2O3S/c1-14-10-16(3)21-18(11-14)24(8-9-26-4)22(28-21)23-20(25)13-17-6-7-19(27-5)15(2)12-17/h6-7,10-12H,8-9,13H2,1-5H3. The maximum atomic E-state index is 12.7. The first-order valence-electron chi connectivity index (χ1n) is 9.23. The molecule has 0 aliphatic rings. The van der Waals surface area contributed by atoms with Crippen LogP contribution in [0.3, 0.4) is 0 Å². The van der Waals surface area contributed by atoms with Gasteiger partial charge in [0.05, 0.1) is 30.4 Å². The highest BCUT2D eigenvalue weighted by Crippen LogP contribution is 2.23. The van der Waals surface area contributed by atoms with Crippen LogP contribution in [0.1, 0.15) is 22.3 Å². The fourth-order valence-electron chi connectivity index (χ4n) is 3.37. The number of rotatable bonds is 6. The van der Waals surface area contributed by atoms with Gasteiger partial charge in [-0.2, -0.15) is 4.99 Å². The first-order valence-corrected chi connectivity index (χ1v) is 10.0. The summed E-state index contributed by atoms with van der Waals surface area (Å²) in [5.41, 5.74) is 5.44. The number of fused-ring (bicyclic) bond motifs is 1. The molecule has 0 radical (unpaired) electrons. The molecule has 0 fully saturated rings. The topological polar surface area (TPSA) is 52.8 Å². The number of amides is 1. The molecule has 0 N–H and O–H groups in total. The molecule has 0 saturated carbocycles. The van der Waals surface area contributed by atoms with Gasteiger partial charge in [0.1, 0.15) is 5.75 Å². The van der Waals surface area contributed by atoms with E-state index in [-0.39, 0.29) is 12.3 Å². The highest BCUT2D eigenvalue weighted by molar-refractivity contribution is 7.16. The van der Waals surface area contributed by atoms with Gasteiger partial charge in [0.2, 0.25) is 0 Å². The summed E-state index contributed by atoms with van der Waals surface area (Å²) < 4.78 is 13.8. The van der Waals surface area contributed by atoms with Gasteiger partial charge in [-0.15, -0.1) is 0 Å². The van der Waals surface area contributed by atoms with Gasteiger partial charge >= 0.3 is 0 Å². The molecular formula is C22H26N2O3S.